The van der Waals surface area contributed by atoms with E-state index in [1.54, 1.807) is 38.1 Å². The van der Waals surface area contributed by atoms with Crippen molar-refractivity contribution in [2.75, 3.05) is 40.9 Å². The number of hydrogen-bond acceptors (Lipinski definition) is 7. The molecule has 1 saturated heterocycles. The van der Waals surface area contributed by atoms with E-state index in [1.165, 1.54) is 12.0 Å². The summed E-state index contributed by atoms with van der Waals surface area (Å²) < 4.78 is 10.4. The zero-order valence-electron chi connectivity index (χ0n) is 21.1. The molecule has 1 atom stereocenters. The summed E-state index contributed by atoms with van der Waals surface area (Å²) >= 11 is 0. The number of benzene rings is 1. The number of carbonyl (C=O) groups excluding carboxylic acids is 3. The van der Waals surface area contributed by atoms with Crippen LogP contribution in [0.2, 0.25) is 0 Å². The van der Waals surface area contributed by atoms with Crippen LogP contribution in [0.4, 0.5) is 0 Å². The molecule has 1 amide bonds. The van der Waals surface area contributed by atoms with Crippen LogP contribution in [0, 0.1) is 13.8 Å². The fourth-order valence-electron chi connectivity index (χ4n) is 4.47. The number of nitrogens with zero attached hydrogens (tertiary/aromatic N) is 2. The van der Waals surface area contributed by atoms with Crippen molar-refractivity contribution < 1.29 is 29.0 Å². The number of ether oxygens (including phenoxy) is 2. The number of methoxy groups -OCH3 is 1. The van der Waals surface area contributed by atoms with Crippen molar-refractivity contribution in [3.05, 3.63) is 57.9 Å². The molecule has 2 N–H and O–H groups in total. The van der Waals surface area contributed by atoms with E-state index in [0.29, 0.717) is 47.7 Å². The Morgan fingerprint density at radius 2 is 1.83 bits per heavy atom. The van der Waals surface area contributed by atoms with Gasteiger partial charge in [0.25, 0.3) is 11.7 Å². The SMILES string of the molecule is CCOc1ccc([C@H]2/C(=C(\O)c3c(C)[nH]c(C(=O)OC)c3C)C(=O)C(=O)N2CCCN(C)C)cc1. The predicted molar refractivity (Wildman–Crippen MR) is 131 cm³/mol. The number of aliphatic hydroxyl groups excluding tert-OH is 1. The normalized spacial score (nSPS) is 17.3. The summed E-state index contributed by atoms with van der Waals surface area (Å²) in [5.41, 5.74) is 2.10. The van der Waals surface area contributed by atoms with E-state index in [2.05, 4.69) is 4.98 Å². The molecule has 2 aromatic rings. The first-order valence-electron chi connectivity index (χ1n) is 11.6. The molecular formula is C26H33N3O6. The standard InChI is InChI=1S/C26H33N3O6/c1-7-35-18-11-9-17(10-12-18)22-20(24(31)25(32)29(22)14-8-13-28(4)5)23(30)19-15(2)21(26(33)34-6)27-16(19)3/h9-12,22,27,30H,7-8,13-14H2,1-6H3/b23-20+/t22-/m0/s1. The van der Waals surface area contributed by atoms with E-state index >= 15 is 0 Å². The van der Waals surface area contributed by atoms with Crippen molar-refractivity contribution in [2.45, 2.75) is 33.2 Å². The number of aromatic nitrogens is 1. The molecule has 1 aliphatic heterocycles. The van der Waals surface area contributed by atoms with Crippen LogP contribution < -0.4 is 4.74 Å². The van der Waals surface area contributed by atoms with Gasteiger partial charge in [0.1, 0.15) is 17.2 Å². The maximum atomic E-state index is 13.3. The Bertz CT molecular complexity index is 1150. The average molecular weight is 484 g/mol. The van der Waals surface area contributed by atoms with Crippen molar-refractivity contribution in [2.24, 2.45) is 0 Å². The minimum absolute atomic E-state index is 0.00868. The van der Waals surface area contributed by atoms with Crippen molar-refractivity contribution >= 4 is 23.4 Å². The summed E-state index contributed by atoms with van der Waals surface area (Å²) in [5, 5.41) is 11.4. The third-order valence-corrected chi connectivity index (χ3v) is 6.11. The lowest BCUT2D eigenvalue weighted by molar-refractivity contribution is -0.139. The second kappa shape index (κ2) is 10.8. The monoisotopic (exact) mass is 483 g/mol. The molecule has 35 heavy (non-hydrogen) atoms. The van der Waals surface area contributed by atoms with Crippen molar-refractivity contribution in [1.29, 1.82) is 0 Å². The number of Topliss-reactive ketones (excluding diaryl/α,β-unsaturated/α-hetero) is 1. The third-order valence-electron chi connectivity index (χ3n) is 6.11. The van der Waals surface area contributed by atoms with Gasteiger partial charge in [-0.3, -0.25) is 9.59 Å². The number of H-pyrrole nitrogens is 1. The summed E-state index contributed by atoms with van der Waals surface area (Å²) in [5.74, 6) is -1.66. The second-order valence-corrected chi connectivity index (χ2v) is 8.77. The van der Waals surface area contributed by atoms with Crippen LogP contribution in [0.5, 0.6) is 5.75 Å². The topological polar surface area (TPSA) is 112 Å². The van der Waals surface area contributed by atoms with Gasteiger partial charge in [-0.1, -0.05) is 12.1 Å². The molecule has 188 valence electrons. The van der Waals surface area contributed by atoms with Crippen LogP contribution in [0.15, 0.2) is 29.8 Å². The lowest BCUT2D eigenvalue weighted by atomic mass is 9.94. The first kappa shape index (κ1) is 26.0. The van der Waals surface area contributed by atoms with E-state index in [-0.39, 0.29) is 17.0 Å². The lowest BCUT2D eigenvalue weighted by Gasteiger charge is -2.26. The molecule has 0 aliphatic carbocycles. The largest absolute Gasteiger partial charge is 0.507 e. The maximum Gasteiger partial charge on any atom is 0.354 e. The zero-order valence-corrected chi connectivity index (χ0v) is 21.1. The molecule has 0 bridgehead atoms. The van der Waals surface area contributed by atoms with E-state index < -0.39 is 23.7 Å². The quantitative estimate of drug-likeness (QED) is 0.244. The van der Waals surface area contributed by atoms with E-state index in [4.69, 9.17) is 9.47 Å². The van der Waals surface area contributed by atoms with Crippen LogP contribution in [0.25, 0.3) is 5.76 Å². The molecule has 0 saturated carbocycles. The van der Waals surface area contributed by atoms with Gasteiger partial charge < -0.3 is 29.4 Å². The van der Waals surface area contributed by atoms with Crippen molar-refractivity contribution in [1.82, 2.24) is 14.8 Å². The molecule has 3 rings (SSSR count). The van der Waals surface area contributed by atoms with Crippen LogP contribution in [-0.2, 0) is 14.3 Å². The maximum absolute atomic E-state index is 13.3. The minimum atomic E-state index is -0.775. The highest BCUT2D eigenvalue weighted by Gasteiger charge is 2.46. The van der Waals surface area contributed by atoms with Crippen LogP contribution in [-0.4, -0.2) is 78.5 Å². The Morgan fingerprint density at radius 3 is 2.40 bits per heavy atom. The smallest absolute Gasteiger partial charge is 0.354 e. The summed E-state index contributed by atoms with van der Waals surface area (Å²) in [7, 11) is 5.14. The Morgan fingerprint density at radius 1 is 1.17 bits per heavy atom. The summed E-state index contributed by atoms with van der Waals surface area (Å²) in [4.78, 5) is 45.0. The first-order valence-corrected chi connectivity index (χ1v) is 11.6. The van der Waals surface area contributed by atoms with Crippen molar-refractivity contribution in [3.63, 3.8) is 0 Å². The van der Waals surface area contributed by atoms with E-state index in [1.807, 2.05) is 25.9 Å². The molecule has 9 heteroatoms. The first-order chi connectivity index (χ1) is 16.6. The van der Waals surface area contributed by atoms with E-state index in [0.717, 1.165) is 6.54 Å². The second-order valence-electron chi connectivity index (χ2n) is 8.77. The van der Waals surface area contributed by atoms with Gasteiger partial charge in [0, 0.05) is 17.8 Å². The minimum Gasteiger partial charge on any atom is -0.507 e. The van der Waals surface area contributed by atoms with Gasteiger partial charge in [0.15, 0.2) is 0 Å². The average Bonchev–Trinajstić information content (AvgIpc) is 3.26. The Kier molecular flexibility index (Phi) is 8.01. The molecule has 2 heterocycles. The highest BCUT2D eigenvalue weighted by Crippen LogP contribution is 2.41. The van der Waals surface area contributed by atoms with Gasteiger partial charge in [-0.25, -0.2) is 4.79 Å². The Balaban J connectivity index is 2.15. The molecule has 0 radical (unpaired) electrons. The molecule has 1 fully saturated rings. The van der Waals surface area contributed by atoms with E-state index in [9.17, 15) is 19.5 Å². The highest BCUT2D eigenvalue weighted by molar-refractivity contribution is 6.46. The molecule has 1 aromatic heterocycles. The number of amides is 1. The van der Waals surface area contributed by atoms with Crippen molar-refractivity contribution in [3.8, 4) is 5.75 Å². The molecule has 1 aliphatic rings. The zero-order chi connectivity index (χ0) is 25.9. The summed E-state index contributed by atoms with van der Waals surface area (Å²) in [6.45, 7) is 6.82. The predicted octanol–water partition coefficient (Wildman–Crippen LogP) is 3.19. The Labute approximate surface area is 205 Å². The number of rotatable bonds is 9. The number of carbonyl (C=O) groups is 3. The van der Waals surface area contributed by atoms with Gasteiger partial charge >= 0.3 is 5.97 Å². The number of aromatic amines is 1. The number of esters is 1. The van der Waals surface area contributed by atoms with Crippen LogP contribution in [0.1, 0.15) is 52.3 Å². The molecule has 0 spiro atoms. The van der Waals surface area contributed by atoms with Gasteiger partial charge in [-0.05, 0) is 71.1 Å². The molecule has 1 aromatic carbocycles. The van der Waals surface area contributed by atoms with Gasteiger partial charge in [0.2, 0.25) is 0 Å². The fraction of sp³-hybridized carbons (Fsp3) is 0.423. The van der Waals surface area contributed by atoms with Gasteiger partial charge in [-0.2, -0.15) is 0 Å². The van der Waals surface area contributed by atoms with Crippen LogP contribution in [0.3, 0.4) is 0 Å². The molecule has 9 nitrogen and oxygen atoms in total. The number of ketones is 1. The Hall–Kier alpha value is -3.59. The third kappa shape index (κ3) is 5.09. The number of aryl methyl sites for hydroxylation is 1. The summed E-state index contributed by atoms with van der Waals surface area (Å²) in [6, 6.07) is 6.37. The number of hydrogen-bond donors (Lipinski definition) is 2. The number of nitrogens with one attached hydrogen (secondary N) is 1. The van der Waals surface area contributed by atoms with Crippen LogP contribution >= 0.6 is 0 Å². The fourth-order valence-corrected chi connectivity index (χ4v) is 4.47. The lowest BCUT2D eigenvalue weighted by Crippen LogP contribution is -2.32. The number of likely N-dealkylation sites (tertiary alicyclic amines) is 1. The highest BCUT2D eigenvalue weighted by atomic mass is 16.5. The summed E-state index contributed by atoms with van der Waals surface area (Å²) in [6.07, 6.45) is 0.655. The molecule has 0 unspecified atom stereocenters. The van der Waals surface area contributed by atoms with Gasteiger partial charge in [0.05, 0.1) is 25.3 Å². The van der Waals surface area contributed by atoms with Gasteiger partial charge in [-0.15, -0.1) is 0 Å². The number of aliphatic hydroxyl groups is 1. The molecular weight excluding hydrogens is 450 g/mol.